The number of nitrogens with zero attached hydrogens (tertiary/aromatic N) is 4. The topological polar surface area (TPSA) is 83.2 Å². The molecule has 1 aliphatic heterocycles. The van der Waals surface area contributed by atoms with Gasteiger partial charge in [-0.2, -0.15) is 0 Å². The standard InChI is InChI=1S/C27H31N5O3/c1-5-6-7-13-32-22(15-17-10-11-20(29-25(17)32)19-9-8-12-28-19)26-30-21-14-18(27(33)35-4)16-23(34-3)24(21)31(26)2/h5-6,10-11,14-16,19,28H,7-9,12-13H2,1-4H3/b6-5-. The number of aryl methyl sites for hydroxylation is 2. The van der Waals surface area contributed by atoms with Crippen molar-refractivity contribution in [3.8, 4) is 17.3 Å². The van der Waals surface area contributed by atoms with E-state index in [1.165, 1.54) is 13.5 Å². The van der Waals surface area contributed by atoms with Crippen molar-refractivity contribution >= 4 is 28.0 Å². The molecule has 0 bridgehead atoms. The van der Waals surface area contributed by atoms with Crippen LogP contribution in [0.4, 0.5) is 0 Å². The summed E-state index contributed by atoms with van der Waals surface area (Å²) in [7, 11) is 4.94. The van der Waals surface area contributed by atoms with Crippen LogP contribution in [0, 0.1) is 0 Å². The number of rotatable bonds is 7. The minimum absolute atomic E-state index is 0.304. The first-order valence-corrected chi connectivity index (χ1v) is 12.0. The molecule has 3 aromatic heterocycles. The van der Waals surface area contributed by atoms with E-state index in [-0.39, 0.29) is 0 Å². The molecule has 8 heteroatoms. The van der Waals surface area contributed by atoms with Gasteiger partial charge in [0.15, 0.2) is 5.82 Å². The average Bonchev–Trinajstić information content (AvgIpc) is 3.61. The Balaban J connectivity index is 1.70. The maximum Gasteiger partial charge on any atom is 0.338 e. The maximum atomic E-state index is 12.2. The van der Waals surface area contributed by atoms with E-state index in [1.807, 2.05) is 18.5 Å². The molecule has 1 unspecified atom stereocenters. The molecule has 5 rings (SSSR count). The number of carbonyl (C=O) groups is 1. The van der Waals surface area contributed by atoms with Crippen molar-refractivity contribution in [1.82, 2.24) is 24.4 Å². The number of pyridine rings is 1. The van der Waals surface area contributed by atoms with Crippen LogP contribution in [0.2, 0.25) is 0 Å². The van der Waals surface area contributed by atoms with E-state index in [2.05, 4.69) is 40.2 Å². The van der Waals surface area contributed by atoms with Crippen LogP contribution < -0.4 is 10.1 Å². The number of ether oxygens (including phenoxy) is 2. The predicted molar refractivity (Wildman–Crippen MR) is 137 cm³/mol. The van der Waals surface area contributed by atoms with E-state index in [9.17, 15) is 4.79 Å². The summed E-state index contributed by atoms with van der Waals surface area (Å²) in [6.07, 6.45) is 7.41. The second-order valence-electron chi connectivity index (χ2n) is 8.87. The fraction of sp³-hybridized carbons (Fsp3) is 0.370. The van der Waals surface area contributed by atoms with Gasteiger partial charge in [0.05, 0.1) is 36.7 Å². The molecule has 182 valence electrons. The minimum atomic E-state index is -0.421. The zero-order valence-electron chi connectivity index (χ0n) is 20.7. The molecule has 1 aromatic carbocycles. The lowest BCUT2D eigenvalue weighted by atomic mass is 10.1. The number of esters is 1. The van der Waals surface area contributed by atoms with Gasteiger partial charge in [0, 0.05) is 25.0 Å². The van der Waals surface area contributed by atoms with Crippen molar-refractivity contribution in [2.45, 2.75) is 38.8 Å². The molecule has 1 fully saturated rings. The first kappa shape index (κ1) is 23.1. The largest absolute Gasteiger partial charge is 0.494 e. The van der Waals surface area contributed by atoms with Gasteiger partial charge in [-0.1, -0.05) is 12.2 Å². The Labute approximate surface area is 204 Å². The molecule has 35 heavy (non-hydrogen) atoms. The second kappa shape index (κ2) is 9.54. The third-order valence-corrected chi connectivity index (χ3v) is 6.74. The minimum Gasteiger partial charge on any atom is -0.494 e. The molecule has 0 amide bonds. The number of fused-ring (bicyclic) bond motifs is 2. The monoisotopic (exact) mass is 473 g/mol. The molecule has 8 nitrogen and oxygen atoms in total. The number of benzene rings is 1. The third kappa shape index (κ3) is 4.08. The molecule has 0 saturated carbocycles. The summed E-state index contributed by atoms with van der Waals surface area (Å²) in [5, 5.41) is 4.64. The molecule has 4 heterocycles. The van der Waals surface area contributed by atoms with Crippen molar-refractivity contribution < 1.29 is 14.3 Å². The Morgan fingerprint density at radius 2 is 2.09 bits per heavy atom. The van der Waals surface area contributed by atoms with Crippen LogP contribution in [0.3, 0.4) is 0 Å². The van der Waals surface area contributed by atoms with Crippen LogP contribution in [0.15, 0.2) is 42.5 Å². The van der Waals surface area contributed by atoms with E-state index in [4.69, 9.17) is 19.4 Å². The molecule has 1 aliphatic rings. The van der Waals surface area contributed by atoms with Crippen LogP contribution in [-0.4, -0.2) is 45.8 Å². The molecule has 4 aromatic rings. The number of nitrogens with one attached hydrogen (secondary N) is 1. The Morgan fingerprint density at radius 3 is 2.80 bits per heavy atom. The van der Waals surface area contributed by atoms with E-state index in [0.717, 1.165) is 59.7 Å². The van der Waals surface area contributed by atoms with Crippen LogP contribution in [0.1, 0.15) is 48.3 Å². The second-order valence-corrected chi connectivity index (χ2v) is 8.87. The quantitative estimate of drug-likeness (QED) is 0.307. The van der Waals surface area contributed by atoms with E-state index >= 15 is 0 Å². The van der Waals surface area contributed by atoms with Crippen molar-refractivity contribution in [2.75, 3.05) is 20.8 Å². The normalized spacial score (nSPS) is 16.1. The van der Waals surface area contributed by atoms with E-state index < -0.39 is 5.97 Å². The van der Waals surface area contributed by atoms with Crippen LogP contribution in [0.5, 0.6) is 5.75 Å². The smallest absolute Gasteiger partial charge is 0.338 e. The van der Waals surface area contributed by atoms with Gasteiger partial charge in [-0.25, -0.2) is 14.8 Å². The van der Waals surface area contributed by atoms with Crippen molar-refractivity contribution in [2.24, 2.45) is 7.05 Å². The van der Waals surface area contributed by atoms with Gasteiger partial charge >= 0.3 is 5.97 Å². The van der Waals surface area contributed by atoms with Crippen molar-refractivity contribution in [3.05, 3.63) is 53.7 Å². The van der Waals surface area contributed by atoms with Crippen LogP contribution in [-0.2, 0) is 18.3 Å². The lowest BCUT2D eigenvalue weighted by molar-refractivity contribution is 0.0600. The first-order valence-electron chi connectivity index (χ1n) is 12.0. The highest BCUT2D eigenvalue weighted by atomic mass is 16.5. The highest BCUT2D eigenvalue weighted by molar-refractivity contribution is 5.97. The molecule has 1 N–H and O–H groups in total. The molecule has 1 atom stereocenters. The van der Waals surface area contributed by atoms with Gasteiger partial charge in [0.1, 0.15) is 16.9 Å². The number of imidazole rings is 1. The number of carbonyl (C=O) groups excluding carboxylic acids is 1. The number of aromatic nitrogens is 4. The Bertz CT molecular complexity index is 1430. The Morgan fingerprint density at radius 1 is 1.23 bits per heavy atom. The SMILES string of the molecule is C/C=C\CCn1c(-c2nc3cc(C(=O)OC)cc(OC)c3n2C)cc2ccc(C3CCCN3)nc21. The van der Waals surface area contributed by atoms with Crippen LogP contribution >= 0.6 is 0 Å². The Kier molecular flexibility index (Phi) is 6.30. The average molecular weight is 474 g/mol. The van der Waals surface area contributed by atoms with Gasteiger partial charge in [-0.3, -0.25) is 0 Å². The first-order chi connectivity index (χ1) is 17.0. The van der Waals surface area contributed by atoms with E-state index in [1.54, 1.807) is 19.2 Å². The number of allylic oxidation sites excluding steroid dienone is 2. The fourth-order valence-electron chi connectivity index (χ4n) is 4.99. The summed E-state index contributed by atoms with van der Waals surface area (Å²) in [6, 6.07) is 10.2. The molecule has 0 radical (unpaired) electrons. The van der Waals surface area contributed by atoms with E-state index in [0.29, 0.717) is 22.9 Å². The summed E-state index contributed by atoms with van der Waals surface area (Å²) in [4.78, 5) is 22.3. The highest BCUT2D eigenvalue weighted by Crippen LogP contribution is 2.35. The lowest BCUT2D eigenvalue weighted by Gasteiger charge is -2.12. The van der Waals surface area contributed by atoms with Crippen molar-refractivity contribution in [1.29, 1.82) is 0 Å². The number of hydrogen-bond donors (Lipinski definition) is 1. The summed E-state index contributed by atoms with van der Waals surface area (Å²) >= 11 is 0. The molecule has 1 saturated heterocycles. The Hall–Kier alpha value is -3.65. The van der Waals surface area contributed by atoms with Crippen LogP contribution in [0.25, 0.3) is 33.6 Å². The zero-order valence-corrected chi connectivity index (χ0v) is 20.7. The van der Waals surface area contributed by atoms with Gasteiger partial charge in [-0.05, 0) is 63.1 Å². The number of methoxy groups -OCH3 is 2. The summed E-state index contributed by atoms with van der Waals surface area (Å²) < 4.78 is 14.8. The summed E-state index contributed by atoms with van der Waals surface area (Å²) in [6.45, 7) is 3.85. The van der Waals surface area contributed by atoms with Crippen molar-refractivity contribution in [3.63, 3.8) is 0 Å². The molecular weight excluding hydrogens is 442 g/mol. The van der Waals surface area contributed by atoms with Gasteiger partial charge < -0.3 is 23.9 Å². The van der Waals surface area contributed by atoms with Gasteiger partial charge in [0.2, 0.25) is 0 Å². The van der Waals surface area contributed by atoms with Gasteiger partial charge in [0.25, 0.3) is 0 Å². The highest BCUT2D eigenvalue weighted by Gasteiger charge is 2.23. The fourth-order valence-corrected chi connectivity index (χ4v) is 4.99. The molecule has 0 aliphatic carbocycles. The zero-order chi connectivity index (χ0) is 24.5. The number of hydrogen-bond acceptors (Lipinski definition) is 6. The van der Waals surface area contributed by atoms with Gasteiger partial charge in [-0.15, -0.1) is 0 Å². The maximum absolute atomic E-state index is 12.2. The lowest BCUT2D eigenvalue weighted by Crippen LogP contribution is -2.14. The summed E-state index contributed by atoms with van der Waals surface area (Å²) in [5.74, 6) is 0.947. The molecular formula is C27H31N5O3. The summed E-state index contributed by atoms with van der Waals surface area (Å²) in [5.41, 5.74) is 4.94. The third-order valence-electron chi connectivity index (χ3n) is 6.74. The molecule has 0 spiro atoms. The predicted octanol–water partition coefficient (Wildman–Crippen LogP) is 4.78.